The van der Waals surface area contributed by atoms with Crippen LogP contribution in [-0.2, 0) is 6.54 Å². The van der Waals surface area contributed by atoms with Crippen LogP contribution in [0.1, 0.15) is 15.9 Å². The minimum absolute atomic E-state index is 0.0204. The van der Waals surface area contributed by atoms with E-state index in [1.54, 1.807) is 26.6 Å². The monoisotopic (exact) mass is 515 g/mol. The molecule has 9 heteroatoms. The van der Waals surface area contributed by atoms with Crippen LogP contribution in [-0.4, -0.2) is 66.1 Å². The Balaban J connectivity index is 1.22. The number of methoxy groups -OCH3 is 2. The summed E-state index contributed by atoms with van der Waals surface area (Å²) in [5.41, 5.74) is 3.41. The largest absolute Gasteiger partial charge is 0.496 e. The first-order chi connectivity index (χ1) is 18.2. The summed E-state index contributed by atoms with van der Waals surface area (Å²) >= 11 is 1.49. The predicted molar refractivity (Wildman–Crippen MR) is 146 cm³/mol. The first-order valence-corrected chi connectivity index (χ1v) is 12.9. The van der Waals surface area contributed by atoms with E-state index in [9.17, 15) is 4.79 Å². The maximum absolute atomic E-state index is 13.3. The quantitative estimate of drug-likeness (QED) is 0.338. The summed E-state index contributed by atoms with van der Waals surface area (Å²) in [6, 6.07) is 17.6. The summed E-state index contributed by atoms with van der Waals surface area (Å²) in [7, 11) is 3.26. The standard InChI is InChI=1S/C28H29N5O3S/c1-35-24-10-12-29-18-21(24)19-32-13-15-33(16-14-32)28(34)23-9-8-22(17-25(23)36-2)31-37-26-7-3-5-20-6-4-11-30-27(20)26/h3-12,17-18,31H,13-16,19H2,1-2H3. The number of aromatic nitrogens is 2. The molecule has 1 saturated heterocycles. The van der Waals surface area contributed by atoms with E-state index >= 15 is 0 Å². The zero-order chi connectivity index (χ0) is 25.6. The number of carbonyl (C=O) groups is 1. The van der Waals surface area contributed by atoms with Crippen molar-refractivity contribution >= 4 is 34.4 Å². The Labute approximate surface area is 220 Å². The number of benzene rings is 2. The second-order valence-corrected chi connectivity index (χ2v) is 9.55. The number of fused-ring (bicyclic) bond motifs is 1. The molecule has 4 aromatic rings. The van der Waals surface area contributed by atoms with E-state index < -0.39 is 0 Å². The van der Waals surface area contributed by atoms with E-state index in [4.69, 9.17) is 9.47 Å². The van der Waals surface area contributed by atoms with Gasteiger partial charge in [0.25, 0.3) is 5.91 Å². The van der Waals surface area contributed by atoms with Crippen molar-refractivity contribution < 1.29 is 14.3 Å². The Hall–Kier alpha value is -3.82. The molecule has 0 unspecified atom stereocenters. The van der Waals surface area contributed by atoms with Crippen LogP contribution in [0.25, 0.3) is 10.9 Å². The lowest BCUT2D eigenvalue weighted by atomic mass is 10.1. The summed E-state index contributed by atoms with van der Waals surface area (Å²) in [5, 5.41) is 1.09. The van der Waals surface area contributed by atoms with Crippen LogP contribution < -0.4 is 14.2 Å². The summed E-state index contributed by atoms with van der Waals surface area (Å²) < 4.78 is 14.4. The van der Waals surface area contributed by atoms with Gasteiger partial charge in [0.2, 0.25) is 0 Å². The predicted octanol–water partition coefficient (Wildman–Crippen LogP) is 4.72. The smallest absolute Gasteiger partial charge is 0.257 e. The fraction of sp³-hybridized carbons (Fsp3) is 0.250. The molecule has 37 heavy (non-hydrogen) atoms. The van der Waals surface area contributed by atoms with E-state index in [1.807, 2.05) is 65.7 Å². The third kappa shape index (κ3) is 5.63. The lowest BCUT2D eigenvalue weighted by Gasteiger charge is -2.35. The Kier molecular flexibility index (Phi) is 7.72. The Morgan fingerprint density at radius 3 is 2.59 bits per heavy atom. The van der Waals surface area contributed by atoms with Gasteiger partial charge in [0.15, 0.2) is 0 Å². The number of rotatable bonds is 8. The van der Waals surface area contributed by atoms with Gasteiger partial charge < -0.3 is 19.1 Å². The van der Waals surface area contributed by atoms with Crippen LogP contribution in [0.5, 0.6) is 11.5 Å². The lowest BCUT2D eigenvalue weighted by molar-refractivity contribution is 0.0624. The lowest BCUT2D eigenvalue weighted by Crippen LogP contribution is -2.48. The van der Waals surface area contributed by atoms with Crippen LogP contribution in [0.15, 0.2) is 78.1 Å². The normalized spacial score (nSPS) is 13.9. The minimum Gasteiger partial charge on any atom is -0.496 e. The van der Waals surface area contributed by atoms with Crippen molar-refractivity contribution in [2.45, 2.75) is 11.4 Å². The van der Waals surface area contributed by atoms with Crippen LogP contribution in [0.2, 0.25) is 0 Å². The number of hydrogen-bond acceptors (Lipinski definition) is 8. The molecule has 190 valence electrons. The molecule has 1 aliphatic heterocycles. The van der Waals surface area contributed by atoms with Crippen molar-refractivity contribution in [3.8, 4) is 11.5 Å². The van der Waals surface area contributed by atoms with E-state index in [0.717, 1.165) is 52.4 Å². The Morgan fingerprint density at radius 1 is 0.973 bits per heavy atom. The van der Waals surface area contributed by atoms with E-state index in [-0.39, 0.29) is 5.91 Å². The molecule has 2 aromatic carbocycles. The molecular formula is C28H29N5O3S. The molecule has 0 spiro atoms. The number of amides is 1. The highest BCUT2D eigenvalue weighted by Gasteiger charge is 2.25. The zero-order valence-corrected chi connectivity index (χ0v) is 21.7. The van der Waals surface area contributed by atoms with Crippen molar-refractivity contribution in [2.24, 2.45) is 0 Å². The van der Waals surface area contributed by atoms with Gasteiger partial charge in [0.1, 0.15) is 11.5 Å². The first kappa shape index (κ1) is 24.9. The number of pyridine rings is 2. The molecular weight excluding hydrogens is 486 g/mol. The van der Waals surface area contributed by atoms with Crippen molar-refractivity contribution in [3.05, 3.63) is 84.3 Å². The summed E-state index contributed by atoms with van der Waals surface area (Å²) in [6.45, 7) is 3.60. The van der Waals surface area contributed by atoms with E-state index in [2.05, 4.69) is 19.6 Å². The average molecular weight is 516 g/mol. The third-order valence-corrected chi connectivity index (χ3v) is 7.33. The van der Waals surface area contributed by atoms with E-state index in [1.165, 1.54) is 11.9 Å². The van der Waals surface area contributed by atoms with Gasteiger partial charge in [-0.05, 0) is 42.3 Å². The van der Waals surface area contributed by atoms with Crippen molar-refractivity contribution in [1.82, 2.24) is 19.8 Å². The number of ether oxygens (including phenoxy) is 2. The number of para-hydroxylation sites is 1. The van der Waals surface area contributed by atoms with Crippen LogP contribution in [0, 0.1) is 0 Å². The van der Waals surface area contributed by atoms with Gasteiger partial charge >= 0.3 is 0 Å². The summed E-state index contributed by atoms with van der Waals surface area (Å²) in [4.78, 5) is 27.3. The number of piperazine rings is 1. The number of nitrogens with zero attached hydrogens (tertiary/aromatic N) is 4. The maximum Gasteiger partial charge on any atom is 0.257 e. The molecule has 3 heterocycles. The van der Waals surface area contributed by atoms with Crippen molar-refractivity contribution in [2.75, 3.05) is 45.1 Å². The fourth-order valence-electron chi connectivity index (χ4n) is 4.46. The SMILES string of the molecule is COc1ccncc1CN1CCN(C(=O)c2ccc(NSc3cccc4cccnc34)cc2OC)CC1. The Bertz CT molecular complexity index is 1390. The third-order valence-electron chi connectivity index (χ3n) is 6.44. The molecule has 1 fully saturated rings. The highest BCUT2D eigenvalue weighted by Crippen LogP contribution is 2.31. The number of anilines is 1. The molecule has 0 aliphatic carbocycles. The molecule has 0 radical (unpaired) electrons. The molecule has 1 N–H and O–H groups in total. The molecule has 1 amide bonds. The number of carbonyl (C=O) groups excluding carboxylic acids is 1. The second kappa shape index (κ2) is 11.5. The fourth-order valence-corrected chi connectivity index (χ4v) is 5.23. The van der Waals surface area contributed by atoms with Crippen molar-refractivity contribution in [3.63, 3.8) is 0 Å². The second-order valence-electron chi connectivity index (χ2n) is 8.71. The van der Waals surface area contributed by atoms with Crippen LogP contribution >= 0.6 is 11.9 Å². The van der Waals surface area contributed by atoms with Crippen LogP contribution in [0.4, 0.5) is 5.69 Å². The van der Waals surface area contributed by atoms with Gasteiger partial charge in [-0.3, -0.25) is 19.7 Å². The van der Waals surface area contributed by atoms with Gasteiger partial charge in [-0.1, -0.05) is 18.2 Å². The Morgan fingerprint density at radius 2 is 1.78 bits per heavy atom. The molecule has 0 saturated carbocycles. The first-order valence-electron chi connectivity index (χ1n) is 12.1. The molecule has 8 nitrogen and oxygen atoms in total. The number of hydrogen-bond donors (Lipinski definition) is 1. The molecule has 2 aromatic heterocycles. The van der Waals surface area contributed by atoms with E-state index in [0.29, 0.717) is 24.4 Å². The summed E-state index contributed by atoms with van der Waals surface area (Å²) in [5.74, 6) is 1.36. The van der Waals surface area contributed by atoms with Crippen molar-refractivity contribution in [1.29, 1.82) is 0 Å². The highest BCUT2D eigenvalue weighted by atomic mass is 32.2. The van der Waals surface area contributed by atoms with Gasteiger partial charge in [-0.15, -0.1) is 0 Å². The maximum atomic E-state index is 13.3. The van der Waals surface area contributed by atoms with Gasteiger partial charge in [0, 0.05) is 74.0 Å². The topological polar surface area (TPSA) is 79.8 Å². The average Bonchev–Trinajstić information content (AvgIpc) is 2.96. The van der Waals surface area contributed by atoms with Gasteiger partial charge in [-0.25, -0.2) is 0 Å². The van der Waals surface area contributed by atoms with Gasteiger partial charge in [0.05, 0.1) is 30.2 Å². The minimum atomic E-state index is -0.0204. The van der Waals surface area contributed by atoms with Crippen LogP contribution in [0.3, 0.4) is 0 Å². The molecule has 5 rings (SSSR count). The summed E-state index contributed by atoms with van der Waals surface area (Å²) in [6.07, 6.45) is 5.36. The van der Waals surface area contributed by atoms with Gasteiger partial charge in [-0.2, -0.15) is 0 Å². The molecule has 0 atom stereocenters. The highest BCUT2D eigenvalue weighted by molar-refractivity contribution is 8.00. The molecule has 0 bridgehead atoms. The zero-order valence-electron chi connectivity index (χ0n) is 20.9. The number of nitrogens with one attached hydrogen (secondary N) is 1. The molecule has 1 aliphatic rings.